The van der Waals surface area contributed by atoms with Crippen LogP contribution in [0.4, 0.5) is 5.69 Å². The molecule has 0 radical (unpaired) electrons. The number of benzene rings is 1. The lowest BCUT2D eigenvalue weighted by molar-refractivity contribution is 0.0952. The summed E-state index contributed by atoms with van der Waals surface area (Å²) in [5.41, 5.74) is 0.905. The first-order valence-electron chi connectivity index (χ1n) is 6.16. The molecule has 0 spiro atoms. The van der Waals surface area contributed by atoms with Gasteiger partial charge in [0.15, 0.2) is 5.78 Å². The Kier molecular flexibility index (Phi) is 2.90. The monoisotopic (exact) mass is 269 g/mol. The molecule has 0 saturated heterocycles. The van der Waals surface area contributed by atoms with Crippen molar-refractivity contribution in [1.82, 2.24) is 10.2 Å². The van der Waals surface area contributed by atoms with E-state index in [0.29, 0.717) is 17.8 Å². The summed E-state index contributed by atoms with van der Waals surface area (Å²) in [6, 6.07) is 9.61. The second-order valence-corrected chi connectivity index (χ2v) is 4.45. The molecule has 100 valence electrons. The first-order chi connectivity index (χ1) is 9.66. The molecule has 1 aromatic heterocycles. The molecule has 0 bridgehead atoms. The van der Waals surface area contributed by atoms with Crippen molar-refractivity contribution >= 4 is 17.4 Å². The molecule has 0 atom stereocenters. The number of amides is 1. The minimum atomic E-state index is -0.365. The van der Waals surface area contributed by atoms with Gasteiger partial charge in [0, 0.05) is 24.6 Å². The van der Waals surface area contributed by atoms with Crippen molar-refractivity contribution in [3.63, 3.8) is 0 Å². The predicted molar refractivity (Wildman–Crippen MR) is 71.9 cm³/mol. The standard InChI is InChI=1S/C14H11N3O3/c18-12-7-8-17(11-4-2-1-3-9(11)12)14(20)10-5-6-13(19)16-15-10/h1-6H,7-8H2,(H,16,19). The number of anilines is 1. The van der Waals surface area contributed by atoms with Crippen LogP contribution >= 0.6 is 0 Å². The molecular formula is C14H11N3O3. The molecule has 0 saturated carbocycles. The fourth-order valence-electron chi connectivity index (χ4n) is 2.23. The molecule has 2 heterocycles. The number of para-hydroxylation sites is 1. The van der Waals surface area contributed by atoms with E-state index < -0.39 is 0 Å². The summed E-state index contributed by atoms with van der Waals surface area (Å²) in [6.07, 6.45) is 0.284. The molecule has 1 aromatic carbocycles. The number of hydrogen-bond donors (Lipinski definition) is 1. The molecule has 0 aliphatic carbocycles. The highest BCUT2D eigenvalue weighted by molar-refractivity contribution is 6.12. The Balaban J connectivity index is 2.01. The van der Waals surface area contributed by atoms with E-state index in [-0.39, 0.29) is 29.4 Å². The summed E-state index contributed by atoms with van der Waals surface area (Å²) in [6.45, 7) is 0.315. The van der Waals surface area contributed by atoms with Crippen LogP contribution in [0.25, 0.3) is 0 Å². The zero-order valence-electron chi connectivity index (χ0n) is 10.5. The van der Waals surface area contributed by atoms with E-state index in [4.69, 9.17) is 0 Å². The van der Waals surface area contributed by atoms with Crippen molar-refractivity contribution in [2.45, 2.75) is 6.42 Å². The minimum Gasteiger partial charge on any atom is -0.306 e. The Morgan fingerprint density at radius 1 is 1.15 bits per heavy atom. The maximum atomic E-state index is 12.4. The molecule has 0 unspecified atom stereocenters. The number of carbonyl (C=O) groups is 2. The summed E-state index contributed by atoms with van der Waals surface area (Å²) in [7, 11) is 0. The van der Waals surface area contributed by atoms with Gasteiger partial charge in [0.1, 0.15) is 5.69 Å². The predicted octanol–water partition coefficient (Wildman–Crippen LogP) is 1.00. The van der Waals surface area contributed by atoms with E-state index in [1.165, 1.54) is 17.0 Å². The molecule has 3 rings (SSSR count). The number of rotatable bonds is 1. The fraction of sp³-hybridized carbons (Fsp3) is 0.143. The normalized spacial score (nSPS) is 14.0. The Labute approximate surface area is 114 Å². The Bertz CT molecular complexity index is 731. The maximum absolute atomic E-state index is 12.4. The molecule has 1 aliphatic heterocycles. The van der Waals surface area contributed by atoms with Crippen molar-refractivity contribution in [3.8, 4) is 0 Å². The topological polar surface area (TPSA) is 83.1 Å². The smallest absolute Gasteiger partial charge is 0.278 e. The third-order valence-corrected chi connectivity index (χ3v) is 3.20. The molecule has 1 amide bonds. The molecular weight excluding hydrogens is 258 g/mol. The fourth-order valence-corrected chi connectivity index (χ4v) is 2.23. The van der Waals surface area contributed by atoms with Crippen molar-refractivity contribution < 1.29 is 9.59 Å². The number of aromatic nitrogens is 2. The molecule has 1 aliphatic rings. The highest BCUT2D eigenvalue weighted by Gasteiger charge is 2.28. The molecule has 6 heteroatoms. The van der Waals surface area contributed by atoms with E-state index in [1.54, 1.807) is 24.3 Å². The largest absolute Gasteiger partial charge is 0.306 e. The quantitative estimate of drug-likeness (QED) is 0.837. The summed E-state index contributed by atoms with van der Waals surface area (Å²) >= 11 is 0. The van der Waals surface area contributed by atoms with E-state index in [2.05, 4.69) is 10.2 Å². The van der Waals surface area contributed by atoms with Crippen LogP contribution in [0.3, 0.4) is 0 Å². The SMILES string of the molecule is O=C1CCN(C(=O)c2ccc(=O)[nH]n2)c2ccccc21. The Morgan fingerprint density at radius 2 is 1.95 bits per heavy atom. The first-order valence-corrected chi connectivity index (χ1v) is 6.16. The van der Waals surface area contributed by atoms with Gasteiger partial charge in [0.25, 0.3) is 11.5 Å². The van der Waals surface area contributed by atoms with Gasteiger partial charge in [-0.2, -0.15) is 5.10 Å². The van der Waals surface area contributed by atoms with Crippen molar-refractivity contribution in [1.29, 1.82) is 0 Å². The Hall–Kier alpha value is -2.76. The summed E-state index contributed by atoms with van der Waals surface area (Å²) in [4.78, 5) is 36.7. The van der Waals surface area contributed by atoms with Gasteiger partial charge in [-0.1, -0.05) is 12.1 Å². The average Bonchev–Trinajstić information content (AvgIpc) is 2.48. The molecule has 0 fully saturated rings. The van der Waals surface area contributed by atoms with Crippen molar-refractivity contribution in [3.05, 3.63) is 58.0 Å². The van der Waals surface area contributed by atoms with E-state index in [1.807, 2.05) is 0 Å². The lowest BCUT2D eigenvalue weighted by Gasteiger charge is -2.28. The molecule has 1 N–H and O–H groups in total. The lowest BCUT2D eigenvalue weighted by Crippen LogP contribution is -2.38. The second kappa shape index (κ2) is 4.73. The number of nitrogens with zero attached hydrogens (tertiary/aromatic N) is 2. The highest BCUT2D eigenvalue weighted by atomic mass is 16.2. The number of aromatic amines is 1. The third-order valence-electron chi connectivity index (χ3n) is 3.20. The number of H-pyrrole nitrogens is 1. The van der Waals surface area contributed by atoms with E-state index >= 15 is 0 Å². The van der Waals surface area contributed by atoms with Crippen LogP contribution in [0.2, 0.25) is 0 Å². The number of ketones is 1. The number of hydrogen-bond acceptors (Lipinski definition) is 4. The van der Waals surface area contributed by atoms with Gasteiger partial charge < -0.3 is 4.90 Å². The van der Waals surface area contributed by atoms with Crippen LogP contribution in [0.15, 0.2) is 41.2 Å². The number of nitrogens with one attached hydrogen (secondary N) is 1. The van der Waals surface area contributed by atoms with Crippen LogP contribution < -0.4 is 10.5 Å². The number of fused-ring (bicyclic) bond motifs is 1. The van der Waals surface area contributed by atoms with E-state index in [9.17, 15) is 14.4 Å². The van der Waals surface area contributed by atoms with Gasteiger partial charge in [-0.25, -0.2) is 5.10 Å². The average molecular weight is 269 g/mol. The molecule has 2 aromatic rings. The Morgan fingerprint density at radius 3 is 2.70 bits per heavy atom. The van der Waals surface area contributed by atoms with Crippen LogP contribution in [-0.2, 0) is 0 Å². The van der Waals surface area contributed by atoms with E-state index in [0.717, 1.165) is 0 Å². The number of carbonyl (C=O) groups excluding carboxylic acids is 2. The van der Waals surface area contributed by atoms with Gasteiger partial charge >= 0.3 is 0 Å². The molecule has 20 heavy (non-hydrogen) atoms. The highest BCUT2D eigenvalue weighted by Crippen LogP contribution is 2.27. The third kappa shape index (κ3) is 2.01. The maximum Gasteiger partial charge on any atom is 0.278 e. The zero-order chi connectivity index (χ0) is 14.1. The van der Waals surface area contributed by atoms with Gasteiger partial charge in [0.05, 0.1) is 5.69 Å². The zero-order valence-corrected chi connectivity index (χ0v) is 10.5. The van der Waals surface area contributed by atoms with Gasteiger partial charge in [0.2, 0.25) is 0 Å². The summed E-state index contributed by atoms with van der Waals surface area (Å²) in [5.74, 6) is -0.305. The van der Waals surface area contributed by atoms with Crippen LogP contribution in [0.1, 0.15) is 27.3 Å². The lowest BCUT2D eigenvalue weighted by atomic mass is 10.00. The first kappa shape index (κ1) is 12.3. The van der Waals surface area contributed by atoms with Gasteiger partial charge in [-0.15, -0.1) is 0 Å². The van der Waals surface area contributed by atoms with Gasteiger partial charge in [-0.3, -0.25) is 14.4 Å². The minimum absolute atomic E-state index is 0.0269. The van der Waals surface area contributed by atoms with Crippen LogP contribution in [0, 0.1) is 0 Å². The van der Waals surface area contributed by atoms with Crippen LogP contribution in [-0.4, -0.2) is 28.4 Å². The number of Topliss-reactive ketones (excluding diaryl/α,β-unsaturated/α-hetero) is 1. The van der Waals surface area contributed by atoms with Crippen molar-refractivity contribution in [2.75, 3.05) is 11.4 Å². The van der Waals surface area contributed by atoms with Crippen molar-refractivity contribution in [2.24, 2.45) is 0 Å². The summed E-state index contributed by atoms with van der Waals surface area (Å²) in [5, 5.41) is 5.96. The summed E-state index contributed by atoms with van der Waals surface area (Å²) < 4.78 is 0. The van der Waals surface area contributed by atoms with Crippen LogP contribution in [0.5, 0.6) is 0 Å². The van der Waals surface area contributed by atoms with Gasteiger partial charge in [-0.05, 0) is 18.2 Å². The second-order valence-electron chi connectivity index (χ2n) is 4.45. The molecule has 6 nitrogen and oxygen atoms in total.